The summed E-state index contributed by atoms with van der Waals surface area (Å²) in [7, 11) is 0. The SMILES string of the molecule is Cc1cccc(Cl)c1NC(=O)N1CCN(c2ccc(NC(=O)CNc3ccccc3)cc2)CC1. The number of urea groups is 1. The van der Waals surface area contributed by atoms with Crippen molar-refractivity contribution in [2.75, 3.05) is 53.6 Å². The second-order valence-electron chi connectivity index (χ2n) is 8.15. The van der Waals surface area contributed by atoms with Crippen LogP contribution in [0.3, 0.4) is 0 Å². The summed E-state index contributed by atoms with van der Waals surface area (Å²) < 4.78 is 0. The van der Waals surface area contributed by atoms with Gasteiger partial charge in [0.2, 0.25) is 5.91 Å². The predicted molar refractivity (Wildman–Crippen MR) is 139 cm³/mol. The van der Waals surface area contributed by atoms with E-state index in [-0.39, 0.29) is 18.5 Å². The van der Waals surface area contributed by atoms with Gasteiger partial charge in [-0.25, -0.2) is 4.79 Å². The number of piperazine rings is 1. The average Bonchev–Trinajstić information content (AvgIpc) is 2.86. The van der Waals surface area contributed by atoms with Gasteiger partial charge in [-0.3, -0.25) is 4.79 Å². The number of anilines is 4. The smallest absolute Gasteiger partial charge is 0.322 e. The molecule has 3 aromatic carbocycles. The van der Waals surface area contributed by atoms with Gasteiger partial charge < -0.3 is 25.8 Å². The van der Waals surface area contributed by atoms with Crippen molar-refractivity contribution in [1.29, 1.82) is 0 Å². The fourth-order valence-corrected chi connectivity index (χ4v) is 4.11. The summed E-state index contributed by atoms with van der Waals surface area (Å²) in [5, 5.41) is 9.48. The largest absolute Gasteiger partial charge is 0.376 e. The summed E-state index contributed by atoms with van der Waals surface area (Å²) >= 11 is 6.23. The topological polar surface area (TPSA) is 76.7 Å². The molecule has 1 aliphatic rings. The highest BCUT2D eigenvalue weighted by atomic mass is 35.5. The van der Waals surface area contributed by atoms with Crippen LogP contribution in [0, 0.1) is 6.92 Å². The molecule has 7 nitrogen and oxygen atoms in total. The minimum Gasteiger partial charge on any atom is -0.376 e. The fourth-order valence-electron chi connectivity index (χ4n) is 3.84. The molecule has 0 aromatic heterocycles. The first kappa shape index (κ1) is 23.4. The van der Waals surface area contributed by atoms with Crippen molar-refractivity contribution in [3.05, 3.63) is 83.4 Å². The highest BCUT2D eigenvalue weighted by Crippen LogP contribution is 2.26. The molecule has 0 bridgehead atoms. The molecule has 0 saturated carbocycles. The summed E-state index contributed by atoms with van der Waals surface area (Å²) in [5.41, 5.74) is 4.30. The van der Waals surface area contributed by atoms with Crippen LogP contribution in [0.5, 0.6) is 0 Å². The third-order valence-corrected chi connectivity index (χ3v) is 6.08. The van der Waals surface area contributed by atoms with E-state index in [4.69, 9.17) is 11.6 Å². The minimum atomic E-state index is -0.141. The van der Waals surface area contributed by atoms with Gasteiger partial charge in [0, 0.05) is 43.2 Å². The summed E-state index contributed by atoms with van der Waals surface area (Å²) in [6, 6.07) is 22.8. The van der Waals surface area contributed by atoms with Crippen LogP contribution in [0.1, 0.15) is 5.56 Å². The number of aryl methyl sites for hydroxylation is 1. The third kappa shape index (κ3) is 5.99. The highest BCUT2D eigenvalue weighted by Gasteiger charge is 2.22. The predicted octanol–water partition coefficient (Wildman–Crippen LogP) is 5.05. The van der Waals surface area contributed by atoms with Gasteiger partial charge >= 0.3 is 6.03 Å². The van der Waals surface area contributed by atoms with E-state index in [1.165, 1.54) is 0 Å². The Labute approximate surface area is 204 Å². The fraction of sp³-hybridized carbons (Fsp3) is 0.231. The molecular formula is C26H28ClN5O2. The van der Waals surface area contributed by atoms with E-state index < -0.39 is 0 Å². The molecule has 0 aliphatic carbocycles. The summed E-state index contributed by atoms with van der Waals surface area (Å²) in [5.74, 6) is -0.106. The van der Waals surface area contributed by atoms with Gasteiger partial charge in [0.15, 0.2) is 0 Å². The zero-order valence-corrected chi connectivity index (χ0v) is 19.8. The van der Waals surface area contributed by atoms with Crippen molar-refractivity contribution in [3.8, 4) is 0 Å². The minimum absolute atomic E-state index is 0.106. The lowest BCUT2D eigenvalue weighted by Gasteiger charge is -2.36. The first-order chi connectivity index (χ1) is 16.5. The molecule has 0 radical (unpaired) electrons. The monoisotopic (exact) mass is 477 g/mol. The Balaban J connectivity index is 1.25. The van der Waals surface area contributed by atoms with E-state index in [0.29, 0.717) is 23.8 Å². The van der Waals surface area contributed by atoms with Crippen LogP contribution in [-0.2, 0) is 4.79 Å². The third-order valence-electron chi connectivity index (χ3n) is 5.76. The Kier molecular flexibility index (Phi) is 7.54. The number of carbonyl (C=O) groups is 2. The first-order valence-corrected chi connectivity index (χ1v) is 11.6. The van der Waals surface area contributed by atoms with Crippen LogP contribution in [-0.4, -0.2) is 49.6 Å². The number of hydrogen-bond acceptors (Lipinski definition) is 4. The zero-order valence-electron chi connectivity index (χ0n) is 19.1. The molecule has 34 heavy (non-hydrogen) atoms. The molecule has 3 N–H and O–H groups in total. The normalized spacial score (nSPS) is 13.4. The van der Waals surface area contributed by atoms with E-state index in [1.807, 2.05) is 73.7 Å². The molecule has 0 unspecified atom stereocenters. The van der Waals surface area contributed by atoms with Crippen LogP contribution in [0.2, 0.25) is 5.02 Å². The molecular weight excluding hydrogens is 450 g/mol. The second kappa shape index (κ2) is 10.9. The van der Waals surface area contributed by atoms with E-state index in [9.17, 15) is 9.59 Å². The number of nitrogens with one attached hydrogen (secondary N) is 3. The highest BCUT2D eigenvalue weighted by molar-refractivity contribution is 6.33. The molecule has 176 valence electrons. The van der Waals surface area contributed by atoms with Crippen LogP contribution >= 0.6 is 11.6 Å². The Bertz CT molecular complexity index is 1110. The van der Waals surface area contributed by atoms with Crippen molar-refractivity contribution >= 4 is 46.3 Å². The number of halogens is 1. The Morgan fingerprint density at radius 2 is 1.53 bits per heavy atom. The second-order valence-corrected chi connectivity index (χ2v) is 8.56. The van der Waals surface area contributed by atoms with Gasteiger partial charge in [-0.2, -0.15) is 0 Å². The van der Waals surface area contributed by atoms with E-state index in [1.54, 1.807) is 11.0 Å². The molecule has 1 saturated heterocycles. The number of hydrogen-bond donors (Lipinski definition) is 3. The van der Waals surface area contributed by atoms with Crippen LogP contribution in [0.25, 0.3) is 0 Å². The lowest BCUT2D eigenvalue weighted by molar-refractivity contribution is -0.114. The number of benzene rings is 3. The number of para-hydroxylation sites is 2. The quantitative estimate of drug-likeness (QED) is 0.464. The number of rotatable bonds is 6. The summed E-state index contributed by atoms with van der Waals surface area (Å²) in [6.45, 7) is 4.79. The summed E-state index contributed by atoms with van der Waals surface area (Å²) in [6.07, 6.45) is 0. The Morgan fingerprint density at radius 3 is 2.21 bits per heavy atom. The molecule has 1 aliphatic heterocycles. The van der Waals surface area contributed by atoms with Crippen LogP contribution in [0.15, 0.2) is 72.8 Å². The first-order valence-electron chi connectivity index (χ1n) is 11.2. The van der Waals surface area contributed by atoms with Gasteiger partial charge in [0.25, 0.3) is 0 Å². The van der Waals surface area contributed by atoms with Crippen LogP contribution < -0.4 is 20.9 Å². The molecule has 0 spiro atoms. The lowest BCUT2D eigenvalue weighted by Crippen LogP contribution is -2.50. The van der Waals surface area contributed by atoms with E-state index in [2.05, 4.69) is 20.9 Å². The van der Waals surface area contributed by atoms with Gasteiger partial charge in [0.1, 0.15) is 0 Å². The molecule has 1 fully saturated rings. The Hall–Kier alpha value is -3.71. The summed E-state index contributed by atoms with van der Waals surface area (Å²) in [4.78, 5) is 28.9. The molecule has 0 atom stereocenters. The molecule has 3 amide bonds. The average molecular weight is 478 g/mol. The maximum Gasteiger partial charge on any atom is 0.322 e. The number of amides is 3. The van der Waals surface area contributed by atoms with E-state index >= 15 is 0 Å². The van der Waals surface area contributed by atoms with Crippen molar-refractivity contribution < 1.29 is 9.59 Å². The van der Waals surface area contributed by atoms with E-state index in [0.717, 1.165) is 35.7 Å². The molecule has 4 rings (SSSR count). The maximum atomic E-state index is 12.7. The molecule has 8 heteroatoms. The van der Waals surface area contributed by atoms with Crippen molar-refractivity contribution in [2.24, 2.45) is 0 Å². The zero-order chi connectivity index (χ0) is 23.9. The lowest BCUT2D eigenvalue weighted by atomic mass is 10.2. The Morgan fingerprint density at radius 1 is 0.824 bits per heavy atom. The van der Waals surface area contributed by atoms with Crippen molar-refractivity contribution in [3.63, 3.8) is 0 Å². The standard InChI is InChI=1S/C26H28ClN5O2/c1-19-6-5-9-23(27)25(19)30-26(34)32-16-14-31(15-17-32)22-12-10-21(11-13-22)29-24(33)18-28-20-7-3-2-4-8-20/h2-13,28H,14-18H2,1H3,(H,29,33)(H,30,34). The maximum absolute atomic E-state index is 12.7. The molecule has 3 aromatic rings. The van der Waals surface area contributed by atoms with Gasteiger partial charge in [0.05, 0.1) is 17.3 Å². The van der Waals surface area contributed by atoms with Gasteiger partial charge in [-0.05, 0) is 55.0 Å². The van der Waals surface area contributed by atoms with Crippen LogP contribution in [0.4, 0.5) is 27.5 Å². The number of nitrogens with zero attached hydrogens (tertiary/aromatic N) is 2. The van der Waals surface area contributed by atoms with Crippen molar-refractivity contribution in [2.45, 2.75) is 6.92 Å². The van der Waals surface area contributed by atoms with Gasteiger partial charge in [-0.15, -0.1) is 0 Å². The molecule has 1 heterocycles. The van der Waals surface area contributed by atoms with Crippen molar-refractivity contribution in [1.82, 2.24) is 4.90 Å². The number of carbonyl (C=O) groups excluding carboxylic acids is 2. The van der Waals surface area contributed by atoms with Gasteiger partial charge in [-0.1, -0.05) is 41.9 Å².